The Morgan fingerprint density at radius 1 is 1.03 bits per heavy atom. The maximum Gasteiger partial charge on any atom is 0.219 e. The minimum atomic E-state index is 0.0922. The van der Waals surface area contributed by atoms with Crippen LogP contribution >= 0.6 is 0 Å². The first-order valence-corrected chi connectivity index (χ1v) is 11.9. The fourth-order valence-electron chi connectivity index (χ4n) is 4.28. The molecule has 1 amide bonds. The summed E-state index contributed by atoms with van der Waals surface area (Å²) in [6.45, 7) is 9.03. The molecule has 1 fully saturated rings. The van der Waals surface area contributed by atoms with E-state index in [1.54, 1.807) is 13.1 Å². The van der Waals surface area contributed by atoms with Crippen LogP contribution in [0.2, 0.25) is 0 Å². The number of carbonyl (C=O) groups is 1. The standard InChI is InChI=1S/C28H33N3O3/c1-21(2)34-26-13-11-23(12-14-26)27-19-30(22(3)32)16-17-31(27)18-24-8-4-5-10-28(24)33-20-25-9-6-7-15-29-25/h4-15,21,27H,16-20H2,1-3H3/t27-/m1/s1. The van der Waals surface area contributed by atoms with Crippen molar-refractivity contribution < 1.29 is 14.3 Å². The van der Waals surface area contributed by atoms with Crippen LogP contribution in [0.15, 0.2) is 72.9 Å². The van der Waals surface area contributed by atoms with Gasteiger partial charge < -0.3 is 14.4 Å². The summed E-state index contributed by atoms with van der Waals surface area (Å²) in [7, 11) is 0. The summed E-state index contributed by atoms with van der Waals surface area (Å²) in [5.74, 6) is 1.84. The van der Waals surface area contributed by atoms with E-state index < -0.39 is 0 Å². The molecule has 0 saturated carbocycles. The van der Waals surface area contributed by atoms with E-state index in [1.807, 2.05) is 67.3 Å². The summed E-state index contributed by atoms with van der Waals surface area (Å²) in [4.78, 5) is 20.9. The van der Waals surface area contributed by atoms with Gasteiger partial charge in [0.1, 0.15) is 18.1 Å². The van der Waals surface area contributed by atoms with Crippen molar-refractivity contribution in [1.29, 1.82) is 0 Å². The van der Waals surface area contributed by atoms with Crippen LogP contribution in [0.25, 0.3) is 0 Å². The summed E-state index contributed by atoms with van der Waals surface area (Å²) >= 11 is 0. The first-order valence-electron chi connectivity index (χ1n) is 11.9. The Kier molecular flexibility index (Phi) is 7.80. The molecule has 1 aliphatic rings. The Labute approximate surface area is 202 Å². The van der Waals surface area contributed by atoms with Gasteiger partial charge >= 0.3 is 0 Å². The minimum Gasteiger partial charge on any atom is -0.491 e. The molecule has 0 aliphatic carbocycles. The predicted molar refractivity (Wildman–Crippen MR) is 133 cm³/mol. The molecule has 1 atom stereocenters. The Bertz CT molecular complexity index is 1070. The van der Waals surface area contributed by atoms with Gasteiger partial charge in [0, 0.05) is 44.9 Å². The number of para-hydroxylation sites is 1. The van der Waals surface area contributed by atoms with E-state index in [2.05, 4.69) is 28.1 Å². The zero-order valence-corrected chi connectivity index (χ0v) is 20.2. The van der Waals surface area contributed by atoms with Gasteiger partial charge in [-0.25, -0.2) is 0 Å². The number of ether oxygens (including phenoxy) is 2. The molecule has 1 aliphatic heterocycles. The van der Waals surface area contributed by atoms with Crippen molar-refractivity contribution in [2.75, 3.05) is 19.6 Å². The molecule has 3 aromatic rings. The van der Waals surface area contributed by atoms with Crippen LogP contribution in [0, 0.1) is 0 Å². The molecule has 4 rings (SSSR count). The summed E-state index contributed by atoms with van der Waals surface area (Å²) in [5.41, 5.74) is 3.20. The molecular formula is C28H33N3O3. The number of hydrogen-bond acceptors (Lipinski definition) is 5. The van der Waals surface area contributed by atoms with Gasteiger partial charge in [0.25, 0.3) is 0 Å². The summed E-state index contributed by atoms with van der Waals surface area (Å²) in [6.07, 6.45) is 1.91. The number of amides is 1. The fraction of sp³-hybridized carbons (Fsp3) is 0.357. The topological polar surface area (TPSA) is 54.9 Å². The second-order valence-electron chi connectivity index (χ2n) is 8.90. The van der Waals surface area contributed by atoms with Crippen molar-refractivity contribution in [3.8, 4) is 11.5 Å². The van der Waals surface area contributed by atoms with Gasteiger partial charge in [0.2, 0.25) is 5.91 Å². The van der Waals surface area contributed by atoms with E-state index in [0.717, 1.165) is 42.4 Å². The quantitative estimate of drug-likeness (QED) is 0.482. The van der Waals surface area contributed by atoms with E-state index in [-0.39, 0.29) is 18.1 Å². The van der Waals surface area contributed by atoms with Crippen LogP contribution in [-0.4, -0.2) is 46.4 Å². The lowest BCUT2D eigenvalue weighted by atomic mass is 10.0. The number of hydrogen-bond donors (Lipinski definition) is 0. The third-order valence-electron chi connectivity index (χ3n) is 6.02. The minimum absolute atomic E-state index is 0.0922. The largest absolute Gasteiger partial charge is 0.491 e. The van der Waals surface area contributed by atoms with Crippen LogP contribution < -0.4 is 9.47 Å². The summed E-state index contributed by atoms with van der Waals surface area (Å²) < 4.78 is 12.0. The highest BCUT2D eigenvalue weighted by Crippen LogP contribution is 2.31. The lowest BCUT2D eigenvalue weighted by Crippen LogP contribution is -2.49. The molecule has 6 heteroatoms. The van der Waals surface area contributed by atoms with Crippen LogP contribution in [0.1, 0.15) is 43.6 Å². The number of carbonyl (C=O) groups excluding carboxylic acids is 1. The van der Waals surface area contributed by atoms with Crippen molar-refractivity contribution >= 4 is 5.91 Å². The van der Waals surface area contributed by atoms with Gasteiger partial charge in [-0.05, 0) is 49.7 Å². The highest BCUT2D eigenvalue weighted by molar-refractivity contribution is 5.73. The second-order valence-corrected chi connectivity index (χ2v) is 8.90. The van der Waals surface area contributed by atoms with E-state index >= 15 is 0 Å². The maximum atomic E-state index is 12.2. The average molecular weight is 460 g/mol. The lowest BCUT2D eigenvalue weighted by molar-refractivity contribution is -0.132. The Morgan fingerprint density at radius 3 is 2.50 bits per heavy atom. The van der Waals surface area contributed by atoms with Crippen LogP contribution in [0.5, 0.6) is 11.5 Å². The summed E-state index contributed by atoms with van der Waals surface area (Å²) in [5, 5.41) is 0. The molecule has 0 bridgehead atoms. The Morgan fingerprint density at radius 2 is 1.79 bits per heavy atom. The fourth-order valence-corrected chi connectivity index (χ4v) is 4.28. The van der Waals surface area contributed by atoms with Crippen molar-refractivity contribution in [2.24, 2.45) is 0 Å². The third kappa shape index (κ3) is 6.14. The van der Waals surface area contributed by atoms with Gasteiger partial charge in [0.15, 0.2) is 0 Å². The molecular weight excluding hydrogens is 426 g/mol. The zero-order valence-electron chi connectivity index (χ0n) is 20.2. The predicted octanol–water partition coefficient (Wildman–Crippen LogP) is 4.85. The van der Waals surface area contributed by atoms with E-state index in [0.29, 0.717) is 13.2 Å². The lowest BCUT2D eigenvalue weighted by Gasteiger charge is -2.41. The first-order chi connectivity index (χ1) is 16.5. The van der Waals surface area contributed by atoms with Gasteiger partial charge in [-0.15, -0.1) is 0 Å². The highest BCUT2D eigenvalue weighted by Gasteiger charge is 2.30. The van der Waals surface area contributed by atoms with Crippen molar-refractivity contribution in [2.45, 2.75) is 46.1 Å². The SMILES string of the molecule is CC(=O)N1CCN(Cc2ccccc2OCc2ccccn2)[C@@H](c2ccc(OC(C)C)cc2)C1. The van der Waals surface area contributed by atoms with Crippen LogP contribution in [0.4, 0.5) is 0 Å². The van der Waals surface area contributed by atoms with Crippen molar-refractivity contribution in [1.82, 2.24) is 14.8 Å². The third-order valence-corrected chi connectivity index (χ3v) is 6.02. The molecule has 0 N–H and O–H groups in total. The molecule has 34 heavy (non-hydrogen) atoms. The average Bonchev–Trinajstić information content (AvgIpc) is 2.84. The number of pyridine rings is 1. The second kappa shape index (κ2) is 11.2. The first kappa shape index (κ1) is 23.8. The molecule has 1 aromatic heterocycles. The highest BCUT2D eigenvalue weighted by atomic mass is 16.5. The van der Waals surface area contributed by atoms with E-state index in [9.17, 15) is 4.79 Å². The monoisotopic (exact) mass is 459 g/mol. The maximum absolute atomic E-state index is 12.2. The van der Waals surface area contributed by atoms with Crippen molar-refractivity contribution in [3.63, 3.8) is 0 Å². The Hall–Kier alpha value is -3.38. The van der Waals surface area contributed by atoms with E-state index in [1.165, 1.54) is 5.56 Å². The van der Waals surface area contributed by atoms with Gasteiger partial charge in [-0.2, -0.15) is 0 Å². The van der Waals surface area contributed by atoms with E-state index in [4.69, 9.17) is 9.47 Å². The number of aromatic nitrogens is 1. The number of benzene rings is 2. The van der Waals surface area contributed by atoms with Crippen molar-refractivity contribution in [3.05, 3.63) is 89.7 Å². The van der Waals surface area contributed by atoms with Crippen LogP contribution in [-0.2, 0) is 17.9 Å². The number of nitrogens with zero attached hydrogens (tertiary/aromatic N) is 3. The molecule has 2 aromatic carbocycles. The summed E-state index contributed by atoms with van der Waals surface area (Å²) in [6, 6.07) is 22.4. The molecule has 1 saturated heterocycles. The molecule has 0 radical (unpaired) electrons. The normalized spacial score (nSPS) is 16.5. The molecule has 2 heterocycles. The Balaban J connectivity index is 1.53. The molecule has 0 unspecified atom stereocenters. The van der Waals surface area contributed by atoms with Crippen LogP contribution in [0.3, 0.4) is 0 Å². The smallest absolute Gasteiger partial charge is 0.219 e. The van der Waals surface area contributed by atoms with Gasteiger partial charge in [-0.3, -0.25) is 14.7 Å². The van der Waals surface area contributed by atoms with Gasteiger partial charge in [-0.1, -0.05) is 36.4 Å². The molecule has 0 spiro atoms. The number of piperazine rings is 1. The molecule has 178 valence electrons. The van der Waals surface area contributed by atoms with Gasteiger partial charge in [0.05, 0.1) is 17.8 Å². The zero-order chi connectivity index (χ0) is 23.9. The number of rotatable bonds is 8. The molecule has 6 nitrogen and oxygen atoms in total.